The Hall–Kier alpha value is -3.26. The Balaban J connectivity index is 2.06. The van der Waals surface area contributed by atoms with Gasteiger partial charge >= 0.3 is 0 Å². The highest BCUT2D eigenvalue weighted by atomic mass is 16.5. The van der Waals surface area contributed by atoms with E-state index in [-0.39, 0.29) is 11.8 Å². The molecule has 0 unspecified atom stereocenters. The fourth-order valence-electron chi connectivity index (χ4n) is 3.21. The molecule has 0 radical (unpaired) electrons. The van der Waals surface area contributed by atoms with Crippen LogP contribution in [0.4, 0.5) is 0 Å². The van der Waals surface area contributed by atoms with E-state index in [9.17, 15) is 5.26 Å². The normalized spacial score (nSPS) is 16.8. The van der Waals surface area contributed by atoms with Crippen molar-refractivity contribution in [1.82, 2.24) is 10.2 Å². The van der Waals surface area contributed by atoms with Gasteiger partial charge in [-0.1, -0.05) is 42.5 Å². The predicted molar refractivity (Wildman–Crippen MR) is 86.6 cm³/mol. The summed E-state index contributed by atoms with van der Waals surface area (Å²) in [7, 11) is 0. The van der Waals surface area contributed by atoms with E-state index in [0.29, 0.717) is 11.5 Å². The lowest BCUT2D eigenvalue weighted by Gasteiger charge is -2.24. The summed E-state index contributed by atoms with van der Waals surface area (Å²) in [5, 5.41) is 18.9. The SMILES string of the molecule is Cc1[nH]nc2c1[C@@H](c1cccc3ccccc13)C(C#N)=C(N)O2. The quantitative estimate of drug-likeness (QED) is 0.723. The number of nitriles is 1. The van der Waals surface area contributed by atoms with Crippen molar-refractivity contribution in [3.8, 4) is 11.9 Å². The van der Waals surface area contributed by atoms with Gasteiger partial charge in [0.1, 0.15) is 11.6 Å². The van der Waals surface area contributed by atoms with Crippen LogP contribution in [0.1, 0.15) is 22.7 Å². The van der Waals surface area contributed by atoms with Crippen molar-refractivity contribution < 1.29 is 4.74 Å². The number of nitrogens with one attached hydrogen (secondary N) is 1. The van der Waals surface area contributed by atoms with E-state index in [4.69, 9.17) is 10.5 Å². The van der Waals surface area contributed by atoms with Crippen LogP contribution in [0.2, 0.25) is 0 Å². The third-order valence-corrected chi connectivity index (χ3v) is 4.26. The van der Waals surface area contributed by atoms with Gasteiger partial charge in [-0.3, -0.25) is 5.10 Å². The Morgan fingerprint density at radius 2 is 2.00 bits per heavy atom. The zero-order valence-electron chi connectivity index (χ0n) is 12.5. The summed E-state index contributed by atoms with van der Waals surface area (Å²) in [5.74, 6) is 0.273. The molecule has 1 aliphatic rings. The summed E-state index contributed by atoms with van der Waals surface area (Å²) in [5.41, 5.74) is 9.15. The van der Waals surface area contributed by atoms with Crippen molar-refractivity contribution in [2.24, 2.45) is 5.73 Å². The van der Waals surface area contributed by atoms with Crippen molar-refractivity contribution in [2.75, 3.05) is 0 Å². The molecule has 1 aliphatic heterocycles. The lowest BCUT2D eigenvalue weighted by atomic mass is 9.82. The molecule has 1 atom stereocenters. The van der Waals surface area contributed by atoms with Crippen molar-refractivity contribution in [2.45, 2.75) is 12.8 Å². The van der Waals surface area contributed by atoms with Crippen LogP contribution in [0.25, 0.3) is 10.8 Å². The molecule has 0 fully saturated rings. The van der Waals surface area contributed by atoms with Crippen molar-refractivity contribution in [3.05, 3.63) is 70.7 Å². The molecule has 0 saturated carbocycles. The molecule has 2 heterocycles. The van der Waals surface area contributed by atoms with Gasteiger partial charge in [-0.05, 0) is 23.3 Å². The lowest BCUT2D eigenvalue weighted by molar-refractivity contribution is 0.379. The second kappa shape index (κ2) is 4.89. The van der Waals surface area contributed by atoms with Gasteiger partial charge in [0, 0.05) is 11.3 Å². The number of H-pyrrole nitrogens is 1. The number of fused-ring (bicyclic) bond motifs is 2. The maximum absolute atomic E-state index is 9.62. The first-order chi connectivity index (χ1) is 11.2. The standard InChI is InChI=1S/C18H14N4O/c1-10-15-16(14(9-19)17(20)23-18(15)22-21-10)13-8-4-6-11-5-2-3-7-12(11)13/h2-8,16H,20H2,1H3,(H,21,22)/t16-/m0/s1. The molecule has 0 aliphatic carbocycles. The van der Waals surface area contributed by atoms with E-state index in [1.54, 1.807) is 0 Å². The topological polar surface area (TPSA) is 87.7 Å². The van der Waals surface area contributed by atoms with Gasteiger partial charge in [-0.2, -0.15) is 5.26 Å². The molecule has 112 valence electrons. The summed E-state index contributed by atoms with van der Waals surface area (Å²) >= 11 is 0. The molecule has 23 heavy (non-hydrogen) atoms. The van der Waals surface area contributed by atoms with Crippen LogP contribution in [0.3, 0.4) is 0 Å². The van der Waals surface area contributed by atoms with E-state index in [1.165, 1.54) is 0 Å². The van der Waals surface area contributed by atoms with Crippen LogP contribution in [0, 0.1) is 18.3 Å². The van der Waals surface area contributed by atoms with Gasteiger partial charge in [0.2, 0.25) is 11.8 Å². The Morgan fingerprint density at radius 3 is 2.83 bits per heavy atom. The molecule has 5 heteroatoms. The number of ether oxygens (including phenoxy) is 1. The van der Waals surface area contributed by atoms with Gasteiger partial charge in [-0.15, -0.1) is 5.10 Å². The minimum absolute atomic E-state index is 0.115. The molecule has 5 nitrogen and oxygen atoms in total. The zero-order valence-corrected chi connectivity index (χ0v) is 12.5. The highest BCUT2D eigenvalue weighted by Gasteiger charge is 2.34. The van der Waals surface area contributed by atoms with Gasteiger partial charge in [0.15, 0.2) is 0 Å². The van der Waals surface area contributed by atoms with E-state index >= 15 is 0 Å². The summed E-state index contributed by atoms with van der Waals surface area (Å²) in [6.07, 6.45) is 0. The summed E-state index contributed by atoms with van der Waals surface area (Å²) in [4.78, 5) is 0. The largest absolute Gasteiger partial charge is 0.420 e. The predicted octanol–water partition coefficient (Wildman–Crippen LogP) is 3.09. The van der Waals surface area contributed by atoms with Crippen LogP contribution < -0.4 is 10.5 Å². The van der Waals surface area contributed by atoms with Crippen molar-refractivity contribution >= 4 is 10.8 Å². The first-order valence-electron chi connectivity index (χ1n) is 7.31. The fourth-order valence-corrected chi connectivity index (χ4v) is 3.21. The smallest absolute Gasteiger partial charge is 0.244 e. The first kappa shape index (κ1) is 13.4. The fraction of sp³-hybridized carbons (Fsp3) is 0.111. The average Bonchev–Trinajstić information content (AvgIpc) is 2.94. The molecular formula is C18H14N4O. The Labute approximate surface area is 133 Å². The number of aromatic amines is 1. The zero-order chi connectivity index (χ0) is 16.0. The number of rotatable bonds is 1. The average molecular weight is 302 g/mol. The maximum atomic E-state index is 9.62. The van der Waals surface area contributed by atoms with E-state index in [1.807, 2.05) is 31.2 Å². The molecule has 4 rings (SSSR count). The number of aromatic nitrogens is 2. The Bertz CT molecular complexity index is 988. The molecule has 0 amide bonds. The second-order valence-electron chi connectivity index (χ2n) is 5.56. The molecule has 3 aromatic rings. The number of hydrogen-bond donors (Lipinski definition) is 2. The van der Waals surface area contributed by atoms with E-state index < -0.39 is 0 Å². The highest BCUT2D eigenvalue weighted by Crippen LogP contribution is 2.44. The van der Waals surface area contributed by atoms with Crippen LogP contribution >= 0.6 is 0 Å². The number of benzene rings is 2. The summed E-state index contributed by atoms with van der Waals surface area (Å²) in [6, 6.07) is 16.4. The minimum Gasteiger partial charge on any atom is -0.420 e. The number of nitrogens with zero attached hydrogens (tertiary/aromatic N) is 2. The number of nitrogens with two attached hydrogens (primary N) is 1. The Morgan fingerprint density at radius 1 is 1.22 bits per heavy atom. The summed E-state index contributed by atoms with van der Waals surface area (Å²) < 4.78 is 5.51. The number of hydrogen-bond acceptors (Lipinski definition) is 4. The molecule has 1 aromatic heterocycles. The summed E-state index contributed by atoms with van der Waals surface area (Å²) in [6.45, 7) is 1.92. The number of allylic oxidation sites excluding steroid dienone is 1. The third kappa shape index (κ3) is 1.89. The molecule has 0 saturated heterocycles. The van der Waals surface area contributed by atoms with Crippen LogP contribution in [0.15, 0.2) is 53.9 Å². The highest BCUT2D eigenvalue weighted by molar-refractivity contribution is 5.87. The van der Waals surface area contributed by atoms with E-state index in [0.717, 1.165) is 27.6 Å². The number of aryl methyl sites for hydroxylation is 1. The molecular weight excluding hydrogens is 288 g/mol. The van der Waals surface area contributed by atoms with Gasteiger partial charge in [-0.25, -0.2) is 0 Å². The van der Waals surface area contributed by atoms with Gasteiger partial charge in [0.25, 0.3) is 0 Å². The first-order valence-corrected chi connectivity index (χ1v) is 7.31. The van der Waals surface area contributed by atoms with Crippen LogP contribution in [0.5, 0.6) is 5.88 Å². The van der Waals surface area contributed by atoms with Crippen LogP contribution in [-0.2, 0) is 0 Å². The molecule has 0 spiro atoms. The van der Waals surface area contributed by atoms with Crippen LogP contribution in [-0.4, -0.2) is 10.2 Å². The van der Waals surface area contributed by atoms with E-state index in [2.05, 4.69) is 34.5 Å². The third-order valence-electron chi connectivity index (χ3n) is 4.26. The van der Waals surface area contributed by atoms with Crippen molar-refractivity contribution in [3.63, 3.8) is 0 Å². The van der Waals surface area contributed by atoms with Gasteiger partial charge < -0.3 is 10.5 Å². The second-order valence-corrected chi connectivity index (χ2v) is 5.56. The molecule has 3 N–H and O–H groups in total. The van der Waals surface area contributed by atoms with Crippen molar-refractivity contribution in [1.29, 1.82) is 5.26 Å². The molecule has 2 aromatic carbocycles. The Kier molecular flexibility index (Phi) is 2.85. The van der Waals surface area contributed by atoms with Gasteiger partial charge in [0.05, 0.1) is 5.92 Å². The lowest BCUT2D eigenvalue weighted by Crippen LogP contribution is -2.21. The maximum Gasteiger partial charge on any atom is 0.244 e. The monoisotopic (exact) mass is 302 g/mol. The minimum atomic E-state index is -0.284. The molecule has 0 bridgehead atoms.